The van der Waals surface area contributed by atoms with Crippen molar-refractivity contribution in [3.8, 4) is 0 Å². The highest BCUT2D eigenvalue weighted by Gasteiger charge is 2.19. The van der Waals surface area contributed by atoms with Gasteiger partial charge in [-0.25, -0.2) is 0 Å². The molecule has 1 nitrogen and oxygen atoms in total. The van der Waals surface area contributed by atoms with E-state index >= 15 is 0 Å². The van der Waals surface area contributed by atoms with E-state index in [1.54, 1.807) is 0 Å². The fraction of sp³-hybridized carbons (Fsp3) is 0.158. The number of aryl methyl sites for hydroxylation is 2. The molecule has 1 heteroatoms. The molecular weight excluding hydrogens is 244 g/mol. The summed E-state index contributed by atoms with van der Waals surface area (Å²) in [6.07, 6.45) is 1.69. The summed E-state index contributed by atoms with van der Waals surface area (Å²) in [5, 5.41) is 13.3. The maximum Gasteiger partial charge on any atom is 0.105 e. The molecule has 3 aromatic carbocycles. The Bertz CT molecular complexity index is 764. The van der Waals surface area contributed by atoms with Crippen molar-refractivity contribution in [3.63, 3.8) is 0 Å². The topological polar surface area (TPSA) is 20.2 Å². The van der Waals surface area contributed by atoms with Crippen LogP contribution < -0.4 is 0 Å². The second-order valence-electron chi connectivity index (χ2n) is 5.47. The molecule has 0 aromatic heterocycles. The Labute approximate surface area is 118 Å². The van der Waals surface area contributed by atoms with Gasteiger partial charge in [0, 0.05) is 0 Å². The standard InChI is InChI=1S/C19H16O/c20-19(15-5-2-1-3-6-15)17-12-11-14-10-9-13-7-4-8-16(17)18(13)14/h1-8,11-12,19-20H,9-10H2/t19-/m1/s1. The van der Waals surface area contributed by atoms with E-state index in [9.17, 15) is 5.11 Å². The first-order valence-electron chi connectivity index (χ1n) is 7.11. The van der Waals surface area contributed by atoms with Gasteiger partial charge in [0.05, 0.1) is 0 Å². The largest absolute Gasteiger partial charge is 0.384 e. The highest BCUT2D eigenvalue weighted by Crippen LogP contribution is 2.36. The first-order valence-corrected chi connectivity index (χ1v) is 7.11. The molecule has 1 aliphatic carbocycles. The fourth-order valence-electron chi connectivity index (χ4n) is 3.32. The molecule has 1 aliphatic rings. The molecule has 0 saturated heterocycles. The summed E-state index contributed by atoms with van der Waals surface area (Å²) in [4.78, 5) is 0. The summed E-state index contributed by atoms with van der Waals surface area (Å²) in [7, 11) is 0. The minimum absolute atomic E-state index is 0.555. The molecule has 98 valence electrons. The van der Waals surface area contributed by atoms with E-state index in [-0.39, 0.29) is 0 Å². The third-order valence-corrected chi connectivity index (χ3v) is 4.32. The van der Waals surface area contributed by atoms with E-state index < -0.39 is 6.10 Å². The zero-order valence-electron chi connectivity index (χ0n) is 11.2. The fourth-order valence-corrected chi connectivity index (χ4v) is 3.32. The molecule has 4 rings (SSSR count). The van der Waals surface area contributed by atoms with Crippen LogP contribution in [-0.4, -0.2) is 5.11 Å². The Morgan fingerprint density at radius 2 is 1.50 bits per heavy atom. The Hall–Kier alpha value is -2.12. The van der Waals surface area contributed by atoms with Crippen molar-refractivity contribution in [1.82, 2.24) is 0 Å². The summed E-state index contributed by atoms with van der Waals surface area (Å²) in [5.41, 5.74) is 4.80. The van der Waals surface area contributed by atoms with E-state index in [0.717, 1.165) is 24.0 Å². The van der Waals surface area contributed by atoms with Gasteiger partial charge in [0.25, 0.3) is 0 Å². The zero-order valence-corrected chi connectivity index (χ0v) is 11.2. The average molecular weight is 260 g/mol. The molecule has 0 saturated carbocycles. The van der Waals surface area contributed by atoms with Crippen LogP contribution in [0.3, 0.4) is 0 Å². The van der Waals surface area contributed by atoms with Gasteiger partial charge in [0.15, 0.2) is 0 Å². The molecule has 1 N–H and O–H groups in total. The van der Waals surface area contributed by atoms with Gasteiger partial charge in [-0.15, -0.1) is 0 Å². The summed E-state index contributed by atoms with van der Waals surface area (Å²) < 4.78 is 0. The van der Waals surface area contributed by atoms with E-state index in [2.05, 4.69) is 30.3 Å². The van der Waals surface area contributed by atoms with Crippen molar-refractivity contribution >= 4 is 10.8 Å². The normalized spacial score (nSPS) is 14.7. The van der Waals surface area contributed by atoms with Crippen LogP contribution in [0.4, 0.5) is 0 Å². The van der Waals surface area contributed by atoms with Crippen molar-refractivity contribution in [2.45, 2.75) is 18.9 Å². The van der Waals surface area contributed by atoms with Crippen LogP contribution in [0.5, 0.6) is 0 Å². The lowest BCUT2D eigenvalue weighted by Gasteiger charge is -2.15. The Morgan fingerprint density at radius 3 is 2.30 bits per heavy atom. The predicted octanol–water partition coefficient (Wildman–Crippen LogP) is 4.02. The summed E-state index contributed by atoms with van der Waals surface area (Å²) >= 11 is 0. The van der Waals surface area contributed by atoms with Crippen LogP contribution in [-0.2, 0) is 12.8 Å². The lowest BCUT2D eigenvalue weighted by molar-refractivity contribution is 0.222. The van der Waals surface area contributed by atoms with E-state index in [4.69, 9.17) is 0 Å². The maximum atomic E-state index is 10.7. The molecular formula is C19H16O. The Balaban J connectivity index is 1.94. The Morgan fingerprint density at radius 1 is 0.750 bits per heavy atom. The van der Waals surface area contributed by atoms with Gasteiger partial charge >= 0.3 is 0 Å². The van der Waals surface area contributed by atoms with Gasteiger partial charge in [-0.1, -0.05) is 60.7 Å². The van der Waals surface area contributed by atoms with Crippen LogP contribution in [0, 0.1) is 0 Å². The lowest BCUT2D eigenvalue weighted by Crippen LogP contribution is -2.00. The van der Waals surface area contributed by atoms with Crippen LogP contribution in [0.25, 0.3) is 10.8 Å². The summed E-state index contributed by atoms with van der Waals surface area (Å²) in [5.74, 6) is 0. The van der Waals surface area contributed by atoms with Gasteiger partial charge in [0.2, 0.25) is 0 Å². The number of hydrogen-bond donors (Lipinski definition) is 1. The monoisotopic (exact) mass is 260 g/mol. The zero-order chi connectivity index (χ0) is 13.5. The SMILES string of the molecule is O[C@H](c1ccccc1)c1ccc2c3c(cccc13)CC2. The highest BCUT2D eigenvalue weighted by atomic mass is 16.3. The predicted molar refractivity (Wildman–Crippen MR) is 81.9 cm³/mol. The number of benzene rings is 3. The van der Waals surface area contributed by atoms with Crippen molar-refractivity contribution < 1.29 is 5.11 Å². The van der Waals surface area contributed by atoms with Gasteiger partial charge in [-0.3, -0.25) is 0 Å². The molecule has 1 atom stereocenters. The highest BCUT2D eigenvalue weighted by molar-refractivity contribution is 5.93. The average Bonchev–Trinajstić information content (AvgIpc) is 2.93. The number of aliphatic hydroxyl groups is 1. The molecule has 0 unspecified atom stereocenters. The Kier molecular flexibility index (Phi) is 2.61. The third-order valence-electron chi connectivity index (χ3n) is 4.32. The van der Waals surface area contributed by atoms with Gasteiger partial charge < -0.3 is 5.11 Å². The second-order valence-corrected chi connectivity index (χ2v) is 5.47. The second kappa shape index (κ2) is 4.46. The minimum atomic E-state index is -0.555. The molecule has 0 bridgehead atoms. The summed E-state index contributed by atoms with van der Waals surface area (Å²) in [6.45, 7) is 0. The van der Waals surface area contributed by atoms with Crippen molar-refractivity contribution in [2.24, 2.45) is 0 Å². The van der Waals surface area contributed by atoms with Crippen LogP contribution >= 0.6 is 0 Å². The van der Waals surface area contributed by atoms with Gasteiger partial charge in [-0.05, 0) is 45.9 Å². The summed E-state index contributed by atoms with van der Waals surface area (Å²) in [6, 6.07) is 20.6. The van der Waals surface area contributed by atoms with Gasteiger partial charge in [0.1, 0.15) is 6.10 Å². The molecule has 0 aliphatic heterocycles. The van der Waals surface area contributed by atoms with Crippen LogP contribution in [0.15, 0.2) is 60.7 Å². The molecule has 0 heterocycles. The lowest BCUT2D eigenvalue weighted by atomic mass is 9.93. The molecule has 0 fully saturated rings. The molecule has 0 amide bonds. The van der Waals surface area contributed by atoms with E-state index in [1.807, 2.05) is 30.3 Å². The minimum Gasteiger partial charge on any atom is -0.384 e. The third kappa shape index (κ3) is 1.67. The molecule has 20 heavy (non-hydrogen) atoms. The van der Waals surface area contributed by atoms with Crippen molar-refractivity contribution in [3.05, 3.63) is 82.9 Å². The smallest absolute Gasteiger partial charge is 0.105 e. The maximum absolute atomic E-state index is 10.7. The van der Waals surface area contributed by atoms with Crippen LogP contribution in [0.2, 0.25) is 0 Å². The van der Waals surface area contributed by atoms with Crippen molar-refractivity contribution in [1.29, 1.82) is 0 Å². The molecule has 0 spiro atoms. The quantitative estimate of drug-likeness (QED) is 0.738. The van der Waals surface area contributed by atoms with Crippen molar-refractivity contribution in [2.75, 3.05) is 0 Å². The first-order chi connectivity index (χ1) is 9.84. The molecule has 0 radical (unpaired) electrons. The first kappa shape index (κ1) is 11.7. The number of rotatable bonds is 2. The number of aliphatic hydroxyl groups excluding tert-OH is 1. The number of hydrogen-bond acceptors (Lipinski definition) is 1. The van der Waals surface area contributed by atoms with E-state index in [1.165, 1.54) is 21.9 Å². The van der Waals surface area contributed by atoms with Crippen LogP contribution in [0.1, 0.15) is 28.4 Å². The van der Waals surface area contributed by atoms with E-state index in [0.29, 0.717) is 0 Å². The van der Waals surface area contributed by atoms with Gasteiger partial charge in [-0.2, -0.15) is 0 Å². The molecule has 3 aromatic rings.